The van der Waals surface area contributed by atoms with Crippen LogP contribution < -0.4 is 15.5 Å². The average molecular weight is 485 g/mol. The van der Waals surface area contributed by atoms with E-state index in [-0.39, 0.29) is 30.1 Å². The van der Waals surface area contributed by atoms with Crippen molar-refractivity contribution in [2.75, 3.05) is 31.6 Å². The van der Waals surface area contributed by atoms with Gasteiger partial charge in [0.2, 0.25) is 0 Å². The lowest BCUT2D eigenvalue weighted by Gasteiger charge is -2.32. The minimum absolute atomic E-state index is 0. The summed E-state index contributed by atoms with van der Waals surface area (Å²) in [6, 6.07) is 6.13. The smallest absolute Gasteiger partial charge is 0.191 e. The molecule has 0 spiro atoms. The Hall–Kier alpha value is -1.88. The van der Waals surface area contributed by atoms with E-state index < -0.39 is 0 Å². The van der Waals surface area contributed by atoms with Crippen LogP contribution in [-0.4, -0.2) is 53.6 Å². The van der Waals surface area contributed by atoms with Gasteiger partial charge in [0.15, 0.2) is 5.96 Å². The highest BCUT2D eigenvalue weighted by Crippen LogP contribution is 2.16. The summed E-state index contributed by atoms with van der Waals surface area (Å²) in [7, 11) is 3.70. The predicted molar refractivity (Wildman–Crippen MR) is 118 cm³/mol. The maximum atomic E-state index is 5.61. The van der Waals surface area contributed by atoms with Gasteiger partial charge in [-0.15, -0.1) is 24.0 Å². The first-order valence-electron chi connectivity index (χ1n) is 8.88. The topological polar surface area (TPSA) is 79.6 Å². The Labute approximate surface area is 177 Å². The molecule has 1 atom stereocenters. The Bertz CT molecular complexity index is 749. The Morgan fingerprint density at radius 2 is 2.11 bits per heavy atom. The van der Waals surface area contributed by atoms with E-state index in [1.165, 1.54) is 0 Å². The summed E-state index contributed by atoms with van der Waals surface area (Å²) >= 11 is 0. The second-order valence-electron chi connectivity index (χ2n) is 6.38. The van der Waals surface area contributed by atoms with Gasteiger partial charge in [0, 0.05) is 46.1 Å². The molecule has 1 aliphatic rings. The highest BCUT2D eigenvalue weighted by Gasteiger charge is 2.18. The molecule has 27 heavy (non-hydrogen) atoms. The van der Waals surface area contributed by atoms with E-state index in [9.17, 15) is 0 Å². The quantitative estimate of drug-likeness (QED) is 0.380. The van der Waals surface area contributed by atoms with Crippen molar-refractivity contribution >= 4 is 35.8 Å². The molecule has 148 valence electrons. The molecule has 0 aliphatic carbocycles. The van der Waals surface area contributed by atoms with Crippen LogP contribution in [0, 0.1) is 0 Å². The fourth-order valence-electron chi connectivity index (χ4n) is 2.93. The zero-order valence-electron chi connectivity index (χ0n) is 16.1. The summed E-state index contributed by atoms with van der Waals surface area (Å²) < 4.78 is 7.45. The maximum Gasteiger partial charge on any atom is 0.191 e. The number of aliphatic imine (C=N–C) groups is 1. The number of aromatic nitrogens is 3. The molecule has 1 aliphatic heterocycles. The van der Waals surface area contributed by atoms with E-state index in [1.807, 2.05) is 30.1 Å². The number of nitrogens with one attached hydrogen (secondary N) is 2. The second kappa shape index (κ2) is 10.5. The summed E-state index contributed by atoms with van der Waals surface area (Å²) in [5.41, 5.74) is 2.26. The monoisotopic (exact) mass is 485 g/mol. The highest BCUT2D eigenvalue weighted by atomic mass is 127. The van der Waals surface area contributed by atoms with Crippen LogP contribution in [0.15, 0.2) is 35.6 Å². The number of ether oxygens (including phenoxy) is 1. The number of pyridine rings is 1. The molecule has 2 aromatic rings. The number of morpholine rings is 1. The zero-order valence-corrected chi connectivity index (χ0v) is 18.4. The summed E-state index contributed by atoms with van der Waals surface area (Å²) in [4.78, 5) is 11.1. The van der Waals surface area contributed by atoms with Gasteiger partial charge in [-0.25, -0.2) is 4.98 Å². The van der Waals surface area contributed by atoms with Gasteiger partial charge in [0.1, 0.15) is 5.82 Å². The Morgan fingerprint density at radius 3 is 2.81 bits per heavy atom. The zero-order chi connectivity index (χ0) is 18.4. The number of nitrogens with zero attached hydrogens (tertiary/aromatic N) is 5. The van der Waals surface area contributed by atoms with Crippen molar-refractivity contribution in [1.29, 1.82) is 0 Å². The minimum Gasteiger partial charge on any atom is -0.375 e. The van der Waals surface area contributed by atoms with Crippen LogP contribution in [0.4, 0.5) is 5.82 Å². The van der Waals surface area contributed by atoms with Crippen molar-refractivity contribution in [1.82, 2.24) is 25.4 Å². The van der Waals surface area contributed by atoms with Crippen LogP contribution in [0.5, 0.6) is 0 Å². The van der Waals surface area contributed by atoms with Gasteiger partial charge in [-0.05, 0) is 30.7 Å². The number of hydrogen-bond donors (Lipinski definition) is 2. The van der Waals surface area contributed by atoms with E-state index in [2.05, 4.69) is 43.6 Å². The fourth-order valence-corrected chi connectivity index (χ4v) is 2.93. The molecule has 3 heterocycles. The summed E-state index contributed by atoms with van der Waals surface area (Å²) in [6.07, 6.45) is 3.89. The maximum absolute atomic E-state index is 5.61. The molecule has 0 bridgehead atoms. The van der Waals surface area contributed by atoms with Gasteiger partial charge < -0.3 is 20.3 Å². The van der Waals surface area contributed by atoms with Crippen molar-refractivity contribution in [2.45, 2.75) is 26.1 Å². The van der Waals surface area contributed by atoms with Crippen LogP contribution >= 0.6 is 24.0 Å². The summed E-state index contributed by atoms with van der Waals surface area (Å²) in [5, 5.41) is 10.8. The van der Waals surface area contributed by atoms with Crippen molar-refractivity contribution in [3.63, 3.8) is 0 Å². The van der Waals surface area contributed by atoms with Crippen LogP contribution in [0.2, 0.25) is 0 Å². The summed E-state index contributed by atoms with van der Waals surface area (Å²) in [5.74, 6) is 1.75. The van der Waals surface area contributed by atoms with Crippen molar-refractivity contribution in [3.8, 4) is 0 Å². The number of halogens is 1. The molecule has 0 amide bonds. The Balaban J connectivity index is 0.00000261. The largest absolute Gasteiger partial charge is 0.375 e. The minimum atomic E-state index is 0. The molecule has 1 saturated heterocycles. The molecule has 8 nitrogen and oxygen atoms in total. The predicted octanol–water partition coefficient (Wildman–Crippen LogP) is 1.52. The van der Waals surface area contributed by atoms with E-state index in [4.69, 9.17) is 4.74 Å². The SMILES string of the molecule is CN=C(NCc1ccnc(N2CCOC(C)C2)c1)NCc1ccnn1C.I. The number of rotatable bonds is 5. The lowest BCUT2D eigenvalue weighted by atomic mass is 10.2. The van der Waals surface area contributed by atoms with Gasteiger partial charge in [0.05, 0.1) is 24.9 Å². The molecule has 9 heteroatoms. The first-order valence-corrected chi connectivity index (χ1v) is 8.88. The fraction of sp³-hybridized carbons (Fsp3) is 0.500. The van der Waals surface area contributed by atoms with Gasteiger partial charge in [0.25, 0.3) is 0 Å². The van der Waals surface area contributed by atoms with E-state index in [0.717, 1.165) is 42.7 Å². The number of aryl methyl sites for hydroxylation is 1. The first kappa shape index (κ1) is 21.4. The second-order valence-corrected chi connectivity index (χ2v) is 6.38. The van der Waals surface area contributed by atoms with E-state index in [0.29, 0.717) is 13.1 Å². The molecule has 0 saturated carbocycles. The van der Waals surface area contributed by atoms with Gasteiger partial charge >= 0.3 is 0 Å². The standard InChI is InChI=1S/C18H27N7O.HI/c1-14-13-25(8-9-26-14)17-10-15(4-6-20-17)11-21-18(19-2)22-12-16-5-7-23-24(16)3;/h4-7,10,14H,8-9,11-13H2,1-3H3,(H2,19,21,22);1H. The van der Waals surface area contributed by atoms with Crippen LogP contribution in [-0.2, 0) is 24.9 Å². The molecule has 2 aromatic heterocycles. The van der Waals surface area contributed by atoms with Crippen LogP contribution in [0.1, 0.15) is 18.2 Å². The van der Waals surface area contributed by atoms with Crippen molar-refractivity contribution in [2.24, 2.45) is 12.0 Å². The molecule has 1 fully saturated rings. The molecule has 0 radical (unpaired) electrons. The highest BCUT2D eigenvalue weighted by molar-refractivity contribution is 14.0. The van der Waals surface area contributed by atoms with E-state index >= 15 is 0 Å². The lowest BCUT2D eigenvalue weighted by molar-refractivity contribution is 0.0529. The molecule has 3 rings (SSSR count). The molecular weight excluding hydrogens is 457 g/mol. The third-order valence-electron chi connectivity index (χ3n) is 4.42. The number of anilines is 1. The number of guanidine groups is 1. The molecule has 2 N–H and O–H groups in total. The van der Waals surface area contributed by atoms with Crippen LogP contribution in [0.3, 0.4) is 0 Å². The van der Waals surface area contributed by atoms with Crippen molar-refractivity contribution < 1.29 is 4.74 Å². The third-order valence-corrected chi connectivity index (χ3v) is 4.42. The van der Waals surface area contributed by atoms with Crippen LogP contribution in [0.25, 0.3) is 0 Å². The first-order chi connectivity index (χ1) is 12.7. The average Bonchev–Trinajstić information content (AvgIpc) is 3.07. The normalized spacial score (nSPS) is 17.4. The van der Waals surface area contributed by atoms with Gasteiger partial charge in [-0.1, -0.05) is 0 Å². The van der Waals surface area contributed by atoms with E-state index in [1.54, 1.807) is 13.2 Å². The Morgan fingerprint density at radius 1 is 1.30 bits per heavy atom. The third kappa shape index (κ3) is 6.06. The van der Waals surface area contributed by atoms with Crippen molar-refractivity contribution in [3.05, 3.63) is 41.9 Å². The Kier molecular flexibility index (Phi) is 8.29. The van der Waals surface area contributed by atoms with Gasteiger partial charge in [-0.2, -0.15) is 5.10 Å². The molecule has 1 unspecified atom stereocenters. The lowest BCUT2D eigenvalue weighted by Crippen LogP contribution is -2.41. The number of hydrogen-bond acceptors (Lipinski definition) is 5. The van der Waals surface area contributed by atoms with Gasteiger partial charge in [-0.3, -0.25) is 9.67 Å². The summed E-state index contributed by atoms with van der Waals surface area (Å²) in [6.45, 7) is 5.94. The molecule has 0 aromatic carbocycles. The molecular formula is C18H28IN7O.